The molecule has 0 radical (unpaired) electrons. The van der Waals surface area contributed by atoms with E-state index in [1.807, 2.05) is 6.92 Å². The van der Waals surface area contributed by atoms with Crippen LogP contribution < -0.4 is 10.6 Å². The number of piperidine rings is 1. The van der Waals surface area contributed by atoms with Crippen molar-refractivity contribution in [3.05, 3.63) is 11.8 Å². The molecule has 0 aromatic heterocycles. The van der Waals surface area contributed by atoms with Gasteiger partial charge >= 0.3 is 5.97 Å². The van der Waals surface area contributed by atoms with Crippen molar-refractivity contribution in [3.63, 3.8) is 0 Å². The lowest BCUT2D eigenvalue weighted by Gasteiger charge is -2.45. The fourth-order valence-electron chi connectivity index (χ4n) is 3.09. The largest absolute Gasteiger partial charge is 0.459 e. The van der Waals surface area contributed by atoms with Gasteiger partial charge in [-0.1, -0.05) is 0 Å². The van der Waals surface area contributed by atoms with Gasteiger partial charge < -0.3 is 20.1 Å². The van der Waals surface area contributed by atoms with Crippen LogP contribution in [0.1, 0.15) is 47.5 Å². The molecule has 1 saturated heterocycles. The maximum absolute atomic E-state index is 12.0. The standard InChI is InChI=1S/C16H30N2O3/c1-12(17-7-8-20-6)9-14(19)21-13-10-15(2,3)18-16(4,5)11-13/h9,13,17-18H,7-8,10-11H2,1-6H3/b12-9+. The van der Waals surface area contributed by atoms with Crippen LogP contribution in [0.25, 0.3) is 0 Å². The molecule has 0 aliphatic carbocycles. The Morgan fingerprint density at radius 1 is 1.29 bits per heavy atom. The Kier molecular flexibility index (Phi) is 6.23. The average molecular weight is 298 g/mol. The number of carbonyl (C=O) groups excluding carboxylic acids is 1. The molecule has 2 N–H and O–H groups in total. The minimum Gasteiger partial charge on any atom is -0.459 e. The minimum absolute atomic E-state index is 0.0256. The first-order valence-electron chi connectivity index (χ1n) is 7.55. The smallest absolute Gasteiger partial charge is 0.332 e. The van der Waals surface area contributed by atoms with E-state index in [0.29, 0.717) is 13.2 Å². The first-order valence-corrected chi connectivity index (χ1v) is 7.55. The molecule has 5 nitrogen and oxygen atoms in total. The molecule has 0 unspecified atom stereocenters. The third-order valence-corrected chi connectivity index (χ3v) is 3.48. The molecule has 1 heterocycles. The lowest BCUT2D eigenvalue weighted by Crippen LogP contribution is -2.59. The third kappa shape index (κ3) is 6.96. The van der Waals surface area contributed by atoms with Gasteiger partial charge in [0.25, 0.3) is 0 Å². The molecule has 0 aromatic rings. The molecule has 1 rings (SSSR count). The zero-order valence-corrected chi connectivity index (χ0v) is 14.2. The van der Waals surface area contributed by atoms with Crippen molar-refractivity contribution >= 4 is 5.97 Å². The van der Waals surface area contributed by atoms with Crippen LogP contribution in [0, 0.1) is 0 Å². The second-order valence-corrected chi connectivity index (χ2v) is 7.11. The van der Waals surface area contributed by atoms with E-state index in [9.17, 15) is 4.79 Å². The van der Waals surface area contributed by atoms with Gasteiger partial charge in [-0.25, -0.2) is 4.79 Å². The highest BCUT2D eigenvalue weighted by Gasteiger charge is 2.39. The Balaban J connectivity index is 2.52. The molecule has 1 aliphatic heterocycles. The molecule has 0 bridgehead atoms. The first kappa shape index (κ1) is 18.0. The molecule has 0 spiro atoms. The zero-order chi connectivity index (χ0) is 16.1. The Hall–Kier alpha value is -1.07. The number of methoxy groups -OCH3 is 1. The number of nitrogens with one attached hydrogen (secondary N) is 2. The summed E-state index contributed by atoms with van der Waals surface area (Å²) in [5.41, 5.74) is 0.745. The molecule has 1 fully saturated rings. The van der Waals surface area contributed by atoms with Crippen LogP contribution in [0.3, 0.4) is 0 Å². The van der Waals surface area contributed by atoms with E-state index in [2.05, 4.69) is 38.3 Å². The lowest BCUT2D eigenvalue weighted by molar-refractivity contribution is -0.147. The Morgan fingerprint density at radius 2 is 1.86 bits per heavy atom. The van der Waals surface area contributed by atoms with Crippen LogP contribution in [-0.2, 0) is 14.3 Å². The van der Waals surface area contributed by atoms with Gasteiger partial charge in [0.1, 0.15) is 6.10 Å². The Bertz CT molecular complexity index is 373. The number of hydrogen-bond donors (Lipinski definition) is 2. The van der Waals surface area contributed by atoms with E-state index in [1.54, 1.807) is 7.11 Å². The van der Waals surface area contributed by atoms with Gasteiger partial charge in [0.2, 0.25) is 0 Å². The summed E-state index contributed by atoms with van der Waals surface area (Å²) in [5, 5.41) is 6.68. The lowest BCUT2D eigenvalue weighted by atomic mass is 9.81. The van der Waals surface area contributed by atoms with E-state index in [1.165, 1.54) is 6.08 Å². The normalized spacial score (nSPS) is 21.9. The van der Waals surface area contributed by atoms with E-state index in [4.69, 9.17) is 9.47 Å². The van der Waals surface area contributed by atoms with Crippen molar-refractivity contribution in [3.8, 4) is 0 Å². The maximum Gasteiger partial charge on any atom is 0.332 e. The van der Waals surface area contributed by atoms with E-state index in [-0.39, 0.29) is 23.2 Å². The monoisotopic (exact) mass is 298 g/mol. The summed E-state index contributed by atoms with van der Waals surface area (Å²) in [6.07, 6.45) is 3.11. The second-order valence-electron chi connectivity index (χ2n) is 7.11. The number of allylic oxidation sites excluding steroid dienone is 1. The number of esters is 1. The van der Waals surface area contributed by atoms with Crippen molar-refractivity contribution in [2.45, 2.75) is 64.6 Å². The second kappa shape index (κ2) is 7.27. The maximum atomic E-state index is 12.0. The molecular weight excluding hydrogens is 268 g/mol. The number of ether oxygens (including phenoxy) is 2. The van der Waals surface area contributed by atoms with Crippen molar-refractivity contribution in [1.29, 1.82) is 0 Å². The van der Waals surface area contributed by atoms with E-state index < -0.39 is 0 Å². The van der Waals surface area contributed by atoms with Crippen LogP contribution in [0.2, 0.25) is 0 Å². The fraction of sp³-hybridized carbons (Fsp3) is 0.812. The number of carbonyl (C=O) groups is 1. The summed E-state index contributed by atoms with van der Waals surface area (Å²) in [6.45, 7) is 11.7. The molecule has 0 atom stereocenters. The van der Waals surface area contributed by atoms with Crippen LogP contribution in [-0.4, -0.2) is 43.4 Å². The predicted octanol–water partition coefficient (Wildman–Crippen LogP) is 1.98. The molecule has 1 aliphatic rings. The first-order chi connectivity index (χ1) is 9.63. The van der Waals surface area contributed by atoms with Gasteiger partial charge in [-0.3, -0.25) is 0 Å². The highest BCUT2D eigenvalue weighted by Crippen LogP contribution is 2.30. The van der Waals surface area contributed by atoms with Gasteiger partial charge in [-0.15, -0.1) is 0 Å². The molecule has 5 heteroatoms. The topological polar surface area (TPSA) is 59.6 Å². The molecule has 21 heavy (non-hydrogen) atoms. The van der Waals surface area contributed by atoms with Crippen molar-refractivity contribution in [2.24, 2.45) is 0 Å². The SMILES string of the molecule is COCCN/C(C)=C/C(=O)OC1CC(C)(C)NC(C)(C)C1. The summed E-state index contributed by atoms with van der Waals surface area (Å²) in [6, 6.07) is 0. The van der Waals surface area contributed by atoms with Crippen molar-refractivity contribution in [1.82, 2.24) is 10.6 Å². The zero-order valence-electron chi connectivity index (χ0n) is 14.2. The molecule has 122 valence electrons. The summed E-state index contributed by atoms with van der Waals surface area (Å²) < 4.78 is 10.6. The summed E-state index contributed by atoms with van der Waals surface area (Å²) in [7, 11) is 1.65. The van der Waals surface area contributed by atoms with Gasteiger partial charge in [0.05, 0.1) is 6.61 Å². The summed E-state index contributed by atoms with van der Waals surface area (Å²) in [4.78, 5) is 12.0. The summed E-state index contributed by atoms with van der Waals surface area (Å²) in [5.74, 6) is -0.282. The number of hydrogen-bond acceptors (Lipinski definition) is 5. The number of rotatable bonds is 6. The predicted molar refractivity (Wildman–Crippen MR) is 84.0 cm³/mol. The van der Waals surface area contributed by atoms with Crippen molar-refractivity contribution in [2.75, 3.05) is 20.3 Å². The van der Waals surface area contributed by atoms with Crippen LogP contribution >= 0.6 is 0 Å². The quantitative estimate of drug-likeness (QED) is 0.446. The van der Waals surface area contributed by atoms with E-state index in [0.717, 1.165) is 18.5 Å². The Morgan fingerprint density at radius 3 is 2.38 bits per heavy atom. The minimum atomic E-state index is -0.282. The van der Waals surface area contributed by atoms with Gasteiger partial charge in [0, 0.05) is 49.3 Å². The van der Waals surface area contributed by atoms with Gasteiger partial charge in [0.15, 0.2) is 0 Å². The molecule has 0 aromatic carbocycles. The summed E-state index contributed by atoms with van der Waals surface area (Å²) >= 11 is 0. The Labute approximate surface area is 128 Å². The highest BCUT2D eigenvalue weighted by molar-refractivity contribution is 5.82. The molecule has 0 amide bonds. The van der Waals surface area contributed by atoms with E-state index >= 15 is 0 Å². The molecule has 0 saturated carbocycles. The van der Waals surface area contributed by atoms with Crippen molar-refractivity contribution < 1.29 is 14.3 Å². The van der Waals surface area contributed by atoms with Crippen LogP contribution in [0.5, 0.6) is 0 Å². The highest BCUT2D eigenvalue weighted by atomic mass is 16.5. The van der Waals surface area contributed by atoms with Crippen LogP contribution in [0.15, 0.2) is 11.8 Å². The van der Waals surface area contributed by atoms with Gasteiger partial charge in [-0.05, 0) is 34.6 Å². The van der Waals surface area contributed by atoms with Crippen LogP contribution in [0.4, 0.5) is 0 Å². The molecular formula is C16H30N2O3. The average Bonchev–Trinajstić information content (AvgIpc) is 2.23. The fourth-order valence-corrected chi connectivity index (χ4v) is 3.09. The van der Waals surface area contributed by atoms with Gasteiger partial charge in [-0.2, -0.15) is 0 Å². The third-order valence-electron chi connectivity index (χ3n) is 3.48.